The smallest absolute Gasteiger partial charge is 0.0292 e. The molecule has 0 aromatic carbocycles. The van der Waals surface area contributed by atoms with Crippen LogP contribution in [0.5, 0.6) is 0 Å². The van der Waals surface area contributed by atoms with E-state index in [0.29, 0.717) is 0 Å². The van der Waals surface area contributed by atoms with Crippen LogP contribution in [0.1, 0.15) is 0 Å². The van der Waals surface area contributed by atoms with Crippen LogP contribution in [-0.4, -0.2) is 12.5 Å². The Balaban J connectivity index is 2.34. The third kappa shape index (κ3) is 4.62. The van der Waals surface area contributed by atoms with Crippen molar-refractivity contribution in [2.45, 2.75) is 0 Å². The maximum atomic E-state index is 4.36. The predicted octanol–water partition coefficient (Wildman–Crippen LogP) is 1.49. The van der Waals surface area contributed by atoms with Gasteiger partial charge in [-0.15, -0.1) is 0 Å². The maximum absolute atomic E-state index is 4.36. The van der Waals surface area contributed by atoms with Crippen molar-refractivity contribution in [2.24, 2.45) is 0 Å². The predicted molar refractivity (Wildman–Crippen MR) is 29.2 cm³/mol. The number of hydrogen-bond donors (Lipinski definition) is 0. The highest BCUT2D eigenvalue weighted by Crippen LogP contribution is 2.02. The van der Waals surface area contributed by atoms with Crippen LogP contribution in [-0.2, 0) is 8.67 Å². The first kappa shape index (κ1) is 6.62. The second-order valence-corrected chi connectivity index (χ2v) is 1.41. The molecule has 0 aromatic heterocycles. The van der Waals surface area contributed by atoms with E-state index < -0.39 is 0 Å². The lowest BCUT2D eigenvalue weighted by molar-refractivity contribution is -0.0520. The number of rotatable bonds is 3. The minimum atomic E-state index is 1.18. The maximum Gasteiger partial charge on any atom is 0.0292 e. The van der Waals surface area contributed by atoms with Crippen LogP contribution >= 0.6 is 24.1 Å². The summed E-state index contributed by atoms with van der Waals surface area (Å²) in [6.07, 6.45) is 3.58. The van der Waals surface area contributed by atoms with Gasteiger partial charge in [-0.05, 0) is 0 Å². The van der Waals surface area contributed by atoms with Crippen molar-refractivity contribution in [3.63, 3.8) is 0 Å². The van der Waals surface area contributed by atoms with Gasteiger partial charge in [0.2, 0.25) is 0 Å². The van der Waals surface area contributed by atoms with Gasteiger partial charge in [0.15, 0.2) is 0 Å². The topological polar surface area (TPSA) is 18.5 Å². The van der Waals surface area contributed by atoms with Crippen LogP contribution in [0.2, 0.25) is 0 Å². The second-order valence-electron chi connectivity index (χ2n) is 0.469. The zero-order chi connectivity index (χ0) is 4.83. The fourth-order valence-electron chi connectivity index (χ4n) is 0.0556. The Morgan fingerprint density at radius 3 is 1.50 bits per heavy atom. The summed E-state index contributed by atoms with van der Waals surface area (Å²) >= 11 is 2.37. The molecule has 0 aliphatic carbocycles. The third-order valence-corrected chi connectivity index (χ3v) is 0.658. The van der Waals surface area contributed by atoms with Gasteiger partial charge in [-0.2, -0.15) is 8.67 Å². The van der Waals surface area contributed by atoms with Gasteiger partial charge in [-0.25, -0.2) is 0 Å². The highest BCUT2D eigenvalue weighted by atomic mass is 32.2. The molecule has 0 amide bonds. The minimum Gasteiger partial charge on any atom is -0.151 e. The quantitative estimate of drug-likeness (QED) is 0.247. The molecule has 4 heteroatoms. The summed E-state index contributed by atoms with van der Waals surface area (Å²) < 4.78 is 8.72. The van der Waals surface area contributed by atoms with Crippen LogP contribution in [0, 0.1) is 0 Å². The Bertz CT molecular complexity index is 21.5. The largest absolute Gasteiger partial charge is 0.151 e. The lowest BCUT2D eigenvalue weighted by Crippen LogP contribution is -1.68. The van der Waals surface area contributed by atoms with Gasteiger partial charge < -0.3 is 0 Å². The van der Waals surface area contributed by atoms with E-state index in [1.807, 2.05) is 0 Å². The van der Waals surface area contributed by atoms with Crippen LogP contribution in [0.15, 0.2) is 0 Å². The summed E-state index contributed by atoms with van der Waals surface area (Å²) in [4.78, 5) is 0. The summed E-state index contributed by atoms with van der Waals surface area (Å²) in [5.41, 5.74) is 0. The van der Waals surface area contributed by atoms with Gasteiger partial charge in [-0.1, -0.05) is 0 Å². The van der Waals surface area contributed by atoms with Crippen molar-refractivity contribution in [2.75, 3.05) is 12.5 Å². The molecule has 0 unspecified atom stereocenters. The van der Waals surface area contributed by atoms with E-state index in [1.165, 1.54) is 24.1 Å². The average Bonchev–Trinajstić information content (AvgIpc) is 1.61. The molecule has 0 bridgehead atoms. The Hall–Kier alpha value is 0.620. The molecule has 6 heavy (non-hydrogen) atoms. The van der Waals surface area contributed by atoms with Crippen LogP contribution in [0.3, 0.4) is 0 Å². The van der Waals surface area contributed by atoms with Gasteiger partial charge in [0.25, 0.3) is 0 Å². The normalized spacial score (nSPS) is 9.00. The minimum absolute atomic E-state index is 1.18. The van der Waals surface area contributed by atoms with Gasteiger partial charge >= 0.3 is 0 Å². The van der Waals surface area contributed by atoms with E-state index in [0.717, 1.165) is 0 Å². The molecular weight excluding hydrogens is 120 g/mol. The zero-order valence-electron chi connectivity index (χ0n) is 3.63. The van der Waals surface area contributed by atoms with E-state index in [9.17, 15) is 0 Å². The van der Waals surface area contributed by atoms with Crippen molar-refractivity contribution >= 4 is 24.1 Å². The lowest BCUT2D eigenvalue weighted by Gasteiger charge is -1.88. The van der Waals surface area contributed by atoms with Crippen molar-refractivity contribution < 1.29 is 8.67 Å². The van der Waals surface area contributed by atoms with Gasteiger partial charge in [0, 0.05) is 36.6 Å². The van der Waals surface area contributed by atoms with Gasteiger partial charge in [0.1, 0.15) is 0 Å². The summed E-state index contributed by atoms with van der Waals surface area (Å²) in [6.45, 7) is 0. The van der Waals surface area contributed by atoms with Crippen molar-refractivity contribution in [3.8, 4) is 0 Å². The Morgan fingerprint density at radius 2 is 1.33 bits per heavy atom. The molecule has 0 N–H and O–H groups in total. The summed E-state index contributed by atoms with van der Waals surface area (Å²) in [5, 5.41) is 0. The molecule has 0 fully saturated rings. The Labute approximate surface area is 45.9 Å². The molecule has 0 saturated carbocycles. The monoisotopic (exact) mass is 126 g/mol. The molecule has 0 aromatic rings. The zero-order valence-corrected chi connectivity index (χ0v) is 5.27. The highest BCUT2D eigenvalue weighted by molar-refractivity contribution is 7.96. The summed E-state index contributed by atoms with van der Waals surface area (Å²) in [7, 11) is 0. The molecule has 0 saturated heterocycles. The van der Waals surface area contributed by atoms with Crippen LogP contribution < -0.4 is 0 Å². The first-order chi connectivity index (χ1) is 2.91. The van der Waals surface area contributed by atoms with Crippen LogP contribution in [0.4, 0.5) is 0 Å². The molecule has 38 valence electrons. The fourth-order valence-corrected chi connectivity index (χ4v) is 0.500. The molecular formula is C2H6O2S2. The molecule has 0 rings (SSSR count). The first-order valence-electron chi connectivity index (χ1n) is 1.32. The standard InChI is InChI=1S/C2H6O2S2/c1-5-3-4-6-2/h1-2H3. The molecule has 0 aliphatic rings. The number of hydrogen-bond acceptors (Lipinski definition) is 4. The average molecular weight is 126 g/mol. The Kier molecular flexibility index (Phi) is 6.20. The highest BCUT2D eigenvalue weighted by Gasteiger charge is 1.74. The lowest BCUT2D eigenvalue weighted by atomic mass is 12.0. The van der Waals surface area contributed by atoms with E-state index in [-0.39, 0.29) is 0 Å². The summed E-state index contributed by atoms with van der Waals surface area (Å²) in [5.74, 6) is 0. The van der Waals surface area contributed by atoms with Gasteiger partial charge in [0.05, 0.1) is 0 Å². The van der Waals surface area contributed by atoms with Crippen molar-refractivity contribution in [3.05, 3.63) is 0 Å². The molecule has 2 nitrogen and oxygen atoms in total. The second kappa shape index (κ2) is 5.62. The molecule has 0 heterocycles. The molecule has 0 spiro atoms. The van der Waals surface area contributed by atoms with Gasteiger partial charge in [-0.3, -0.25) is 0 Å². The molecule has 0 radical (unpaired) electrons. The van der Waals surface area contributed by atoms with E-state index in [2.05, 4.69) is 8.67 Å². The molecule has 0 atom stereocenters. The van der Waals surface area contributed by atoms with Crippen molar-refractivity contribution in [1.82, 2.24) is 0 Å². The molecule has 0 aliphatic heterocycles. The van der Waals surface area contributed by atoms with Crippen molar-refractivity contribution in [1.29, 1.82) is 0 Å². The third-order valence-electron chi connectivity index (χ3n) is 0.164. The SMILES string of the molecule is CSOOSC. The first-order valence-corrected chi connectivity index (χ1v) is 3.62. The van der Waals surface area contributed by atoms with E-state index in [4.69, 9.17) is 0 Å². The fraction of sp³-hybridized carbons (Fsp3) is 1.00. The van der Waals surface area contributed by atoms with E-state index in [1.54, 1.807) is 12.5 Å². The Morgan fingerprint density at radius 1 is 1.00 bits per heavy atom. The van der Waals surface area contributed by atoms with E-state index >= 15 is 0 Å². The summed E-state index contributed by atoms with van der Waals surface area (Å²) in [6, 6.07) is 0. The van der Waals surface area contributed by atoms with Crippen LogP contribution in [0.25, 0.3) is 0 Å².